The number of imidazole rings is 1. The number of nitrogens with one attached hydrogen (secondary N) is 2. The number of carbonyl (C=O) groups is 1. The first-order chi connectivity index (χ1) is 16.4. The van der Waals surface area contributed by atoms with Gasteiger partial charge in [0.15, 0.2) is 5.82 Å². The number of aromatic nitrogens is 4. The summed E-state index contributed by atoms with van der Waals surface area (Å²) in [5.41, 5.74) is 2.07. The lowest BCUT2D eigenvalue weighted by Crippen LogP contribution is -2.31. The number of halogens is 1. The standard InChI is InChI=1S/C24H30FN7O2/c1-16-27-15-21(32(16)19-8-12-34-13-9-19)22-20(25)14-28-24(30-22)29-18-6-4-17(5-7-18)23(33)26-10-11-31(2)3/h4-7,14-15,19H,8-13H2,1-3H3,(H,26,33)(H,28,29,30). The smallest absolute Gasteiger partial charge is 0.251 e. The number of anilines is 2. The molecule has 4 rings (SSSR count). The van der Waals surface area contributed by atoms with Gasteiger partial charge in [-0.15, -0.1) is 0 Å². The minimum atomic E-state index is -0.511. The van der Waals surface area contributed by atoms with E-state index in [1.165, 1.54) is 0 Å². The quantitative estimate of drug-likeness (QED) is 0.525. The van der Waals surface area contributed by atoms with Crippen LogP contribution < -0.4 is 10.6 Å². The van der Waals surface area contributed by atoms with E-state index in [1.807, 2.05) is 30.5 Å². The predicted molar refractivity (Wildman–Crippen MR) is 128 cm³/mol. The van der Waals surface area contributed by atoms with E-state index >= 15 is 0 Å². The Morgan fingerprint density at radius 1 is 1.18 bits per heavy atom. The van der Waals surface area contributed by atoms with Crippen molar-refractivity contribution in [2.75, 3.05) is 45.7 Å². The maximum absolute atomic E-state index is 14.8. The predicted octanol–water partition coefficient (Wildman–Crippen LogP) is 3.17. The van der Waals surface area contributed by atoms with E-state index in [1.54, 1.807) is 30.5 Å². The molecule has 9 nitrogen and oxygen atoms in total. The van der Waals surface area contributed by atoms with Crippen molar-refractivity contribution in [3.8, 4) is 11.4 Å². The molecule has 0 unspecified atom stereocenters. The highest BCUT2D eigenvalue weighted by Crippen LogP contribution is 2.31. The van der Waals surface area contributed by atoms with Crippen LogP contribution in [-0.4, -0.2) is 70.7 Å². The fourth-order valence-electron chi connectivity index (χ4n) is 3.97. The van der Waals surface area contributed by atoms with E-state index < -0.39 is 5.82 Å². The van der Waals surface area contributed by atoms with Gasteiger partial charge in [-0.2, -0.15) is 0 Å². The molecular formula is C24H30FN7O2. The Bertz CT molecular complexity index is 1120. The Balaban J connectivity index is 1.50. The number of likely N-dealkylation sites (N-methyl/N-ethyl adjacent to an activating group) is 1. The molecule has 0 aliphatic carbocycles. The maximum atomic E-state index is 14.8. The van der Waals surface area contributed by atoms with Crippen LogP contribution in [0.3, 0.4) is 0 Å². The number of benzene rings is 1. The van der Waals surface area contributed by atoms with Crippen LogP contribution in [0.2, 0.25) is 0 Å². The Morgan fingerprint density at radius 3 is 2.62 bits per heavy atom. The highest BCUT2D eigenvalue weighted by atomic mass is 19.1. The zero-order valence-electron chi connectivity index (χ0n) is 19.7. The molecule has 0 saturated carbocycles. The second-order valence-electron chi connectivity index (χ2n) is 8.56. The Kier molecular flexibility index (Phi) is 7.49. The van der Waals surface area contributed by atoms with Crippen molar-refractivity contribution in [3.05, 3.63) is 53.9 Å². The maximum Gasteiger partial charge on any atom is 0.251 e. The molecule has 1 aliphatic rings. The lowest BCUT2D eigenvalue weighted by atomic mass is 10.1. The largest absolute Gasteiger partial charge is 0.381 e. The number of aryl methyl sites for hydroxylation is 1. The van der Waals surface area contributed by atoms with Gasteiger partial charge in [0, 0.05) is 43.6 Å². The summed E-state index contributed by atoms with van der Waals surface area (Å²) in [6.07, 6.45) is 4.51. The molecule has 1 aromatic carbocycles. The SMILES string of the molecule is Cc1ncc(-c2nc(Nc3ccc(C(=O)NCCN(C)C)cc3)ncc2F)n1C1CCOCC1. The van der Waals surface area contributed by atoms with E-state index in [0.717, 1.165) is 31.4 Å². The Morgan fingerprint density at radius 2 is 1.91 bits per heavy atom. The van der Waals surface area contributed by atoms with Crippen LogP contribution in [-0.2, 0) is 4.74 Å². The van der Waals surface area contributed by atoms with Crippen molar-refractivity contribution in [2.24, 2.45) is 0 Å². The van der Waals surface area contributed by atoms with Crippen molar-refractivity contribution in [1.29, 1.82) is 0 Å². The van der Waals surface area contributed by atoms with Crippen molar-refractivity contribution < 1.29 is 13.9 Å². The molecule has 2 aromatic heterocycles. The molecule has 10 heteroatoms. The number of hydrogen-bond acceptors (Lipinski definition) is 7. The molecule has 1 saturated heterocycles. The van der Waals surface area contributed by atoms with Gasteiger partial charge in [0.05, 0.1) is 18.1 Å². The van der Waals surface area contributed by atoms with Crippen molar-refractivity contribution in [1.82, 2.24) is 29.7 Å². The van der Waals surface area contributed by atoms with Crippen molar-refractivity contribution >= 4 is 17.5 Å². The van der Waals surface area contributed by atoms with Crippen LogP contribution in [0.1, 0.15) is 35.1 Å². The van der Waals surface area contributed by atoms with E-state index in [-0.39, 0.29) is 23.6 Å². The minimum absolute atomic E-state index is 0.134. The number of hydrogen-bond donors (Lipinski definition) is 2. The van der Waals surface area contributed by atoms with Gasteiger partial charge in [-0.1, -0.05) is 0 Å². The molecular weight excluding hydrogens is 437 g/mol. The third-order valence-electron chi connectivity index (χ3n) is 5.77. The summed E-state index contributed by atoms with van der Waals surface area (Å²) >= 11 is 0. The number of amides is 1. The van der Waals surface area contributed by atoms with E-state index in [9.17, 15) is 9.18 Å². The van der Waals surface area contributed by atoms with Gasteiger partial charge in [-0.25, -0.2) is 19.3 Å². The molecule has 0 bridgehead atoms. The number of carbonyl (C=O) groups excluding carboxylic acids is 1. The highest BCUT2D eigenvalue weighted by molar-refractivity contribution is 5.94. The Hall–Kier alpha value is -3.37. The van der Waals surface area contributed by atoms with Crippen LogP contribution in [0.4, 0.5) is 16.0 Å². The molecule has 1 amide bonds. The first-order valence-electron chi connectivity index (χ1n) is 11.4. The van der Waals surface area contributed by atoms with Gasteiger partial charge in [0.1, 0.15) is 11.5 Å². The van der Waals surface area contributed by atoms with Gasteiger partial charge >= 0.3 is 0 Å². The normalized spacial score (nSPS) is 14.4. The summed E-state index contributed by atoms with van der Waals surface area (Å²) in [4.78, 5) is 27.2. The van der Waals surface area contributed by atoms with Gasteiger partial charge < -0.3 is 24.8 Å². The van der Waals surface area contributed by atoms with Gasteiger partial charge in [0.2, 0.25) is 5.95 Å². The third kappa shape index (κ3) is 5.57. The summed E-state index contributed by atoms with van der Waals surface area (Å²) in [7, 11) is 3.91. The fourth-order valence-corrected chi connectivity index (χ4v) is 3.97. The molecule has 3 heterocycles. The molecule has 0 radical (unpaired) electrons. The molecule has 1 fully saturated rings. The van der Waals surface area contributed by atoms with Crippen LogP contribution >= 0.6 is 0 Å². The molecule has 180 valence electrons. The lowest BCUT2D eigenvalue weighted by Gasteiger charge is -2.26. The summed E-state index contributed by atoms with van der Waals surface area (Å²) in [6.45, 7) is 4.59. The van der Waals surface area contributed by atoms with Crippen LogP contribution in [0.25, 0.3) is 11.4 Å². The molecule has 2 N–H and O–H groups in total. The third-order valence-corrected chi connectivity index (χ3v) is 5.77. The van der Waals surface area contributed by atoms with E-state index in [2.05, 4.69) is 25.6 Å². The highest BCUT2D eigenvalue weighted by Gasteiger charge is 2.23. The first-order valence-corrected chi connectivity index (χ1v) is 11.4. The van der Waals surface area contributed by atoms with Gasteiger partial charge in [-0.3, -0.25) is 4.79 Å². The summed E-state index contributed by atoms with van der Waals surface area (Å²) < 4.78 is 22.3. The monoisotopic (exact) mass is 467 g/mol. The van der Waals surface area contributed by atoms with Gasteiger partial charge in [-0.05, 0) is 58.1 Å². The summed E-state index contributed by atoms with van der Waals surface area (Å²) in [5.74, 6) is 0.430. The van der Waals surface area contributed by atoms with E-state index in [4.69, 9.17) is 4.74 Å². The van der Waals surface area contributed by atoms with E-state index in [0.29, 0.717) is 36.7 Å². The summed E-state index contributed by atoms with van der Waals surface area (Å²) in [6, 6.07) is 7.17. The second kappa shape index (κ2) is 10.7. The number of ether oxygens (including phenoxy) is 1. The second-order valence-corrected chi connectivity index (χ2v) is 8.56. The topological polar surface area (TPSA) is 97.2 Å². The summed E-state index contributed by atoms with van der Waals surface area (Å²) in [5, 5.41) is 5.98. The lowest BCUT2D eigenvalue weighted by molar-refractivity contribution is 0.0694. The van der Waals surface area contributed by atoms with Crippen LogP contribution in [0, 0.1) is 12.7 Å². The molecule has 0 spiro atoms. The first kappa shape index (κ1) is 23.8. The van der Waals surface area contributed by atoms with Crippen molar-refractivity contribution in [2.45, 2.75) is 25.8 Å². The Labute approximate surface area is 198 Å². The average molecular weight is 468 g/mol. The molecule has 1 aliphatic heterocycles. The zero-order chi connectivity index (χ0) is 24.1. The number of rotatable bonds is 8. The van der Waals surface area contributed by atoms with Gasteiger partial charge in [0.25, 0.3) is 5.91 Å². The van der Waals surface area contributed by atoms with Crippen molar-refractivity contribution in [3.63, 3.8) is 0 Å². The number of nitrogens with zero attached hydrogens (tertiary/aromatic N) is 5. The fraction of sp³-hybridized carbons (Fsp3) is 0.417. The van der Waals surface area contributed by atoms with Crippen LogP contribution in [0.5, 0.6) is 0 Å². The average Bonchev–Trinajstić information content (AvgIpc) is 3.22. The van der Waals surface area contributed by atoms with Crippen LogP contribution in [0.15, 0.2) is 36.7 Å². The molecule has 0 atom stereocenters. The molecule has 34 heavy (non-hydrogen) atoms. The zero-order valence-corrected chi connectivity index (χ0v) is 19.7. The molecule has 3 aromatic rings. The minimum Gasteiger partial charge on any atom is -0.381 e.